The normalized spacial score (nSPS) is 19.6. The molecule has 216 valence electrons. The Balaban J connectivity index is 1.43. The Morgan fingerprint density at radius 2 is 2.00 bits per heavy atom. The van der Waals surface area contributed by atoms with Gasteiger partial charge in [-0.25, -0.2) is 14.6 Å². The van der Waals surface area contributed by atoms with Gasteiger partial charge in [-0.15, -0.1) is 0 Å². The summed E-state index contributed by atoms with van der Waals surface area (Å²) in [5.41, 5.74) is 1.67. The van der Waals surface area contributed by atoms with E-state index >= 15 is 0 Å². The Morgan fingerprint density at radius 3 is 2.73 bits per heavy atom. The van der Waals surface area contributed by atoms with Gasteiger partial charge >= 0.3 is 12.1 Å². The van der Waals surface area contributed by atoms with E-state index < -0.39 is 17.7 Å². The molecule has 1 fully saturated rings. The Bertz CT molecular complexity index is 1610. The van der Waals surface area contributed by atoms with E-state index in [2.05, 4.69) is 19.2 Å². The van der Waals surface area contributed by atoms with Gasteiger partial charge < -0.3 is 34.1 Å². The molecule has 1 atom stereocenters. The lowest BCUT2D eigenvalue weighted by Gasteiger charge is -2.31. The van der Waals surface area contributed by atoms with Gasteiger partial charge in [-0.05, 0) is 36.6 Å². The molecule has 0 bridgehead atoms. The van der Waals surface area contributed by atoms with Crippen LogP contribution in [0.25, 0.3) is 22.3 Å². The number of pyridine rings is 2. The number of fused-ring (bicyclic) bond motifs is 5. The van der Waals surface area contributed by atoms with Crippen molar-refractivity contribution < 1.29 is 28.9 Å². The molecule has 3 aromatic rings. The van der Waals surface area contributed by atoms with E-state index in [0.29, 0.717) is 66.9 Å². The van der Waals surface area contributed by atoms with Crippen LogP contribution in [-0.2, 0) is 39.6 Å². The molecule has 0 saturated carbocycles. The van der Waals surface area contributed by atoms with Crippen LogP contribution in [-0.4, -0.2) is 64.4 Å². The highest BCUT2D eigenvalue weighted by Crippen LogP contribution is 2.40. The first-order valence-electron chi connectivity index (χ1n) is 14.1. The highest BCUT2D eigenvalue weighted by atomic mass is 16.6. The van der Waals surface area contributed by atoms with Crippen LogP contribution in [0.4, 0.5) is 4.79 Å². The Kier molecular flexibility index (Phi) is 7.04. The van der Waals surface area contributed by atoms with Crippen LogP contribution in [0.1, 0.15) is 49.4 Å². The maximum atomic E-state index is 13.5. The van der Waals surface area contributed by atoms with Gasteiger partial charge in [-0.2, -0.15) is 0 Å². The van der Waals surface area contributed by atoms with Crippen LogP contribution >= 0.6 is 0 Å². The third-order valence-corrected chi connectivity index (χ3v) is 8.03. The lowest BCUT2D eigenvalue weighted by molar-refractivity contribution is -0.172. The highest BCUT2D eigenvalue weighted by Gasteiger charge is 2.45. The molecule has 2 N–H and O–H groups in total. The van der Waals surface area contributed by atoms with Crippen molar-refractivity contribution in [3.63, 3.8) is 0 Å². The van der Waals surface area contributed by atoms with E-state index in [1.165, 1.54) is 0 Å². The third kappa shape index (κ3) is 4.67. The predicted octanol–water partition coefficient (Wildman–Crippen LogP) is 2.66. The second kappa shape index (κ2) is 10.6. The summed E-state index contributed by atoms with van der Waals surface area (Å²) in [4.78, 5) is 45.6. The lowest BCUT2D eigenvalue weighted by atomic mass is 9.86. The summed E-state index contributed by atoms with van der Waals surface area (Å²) >= 11 is 0. The van der Waals surface area contributed by atoms with Crippen molar-refractivity contribution in [1.29, 1.82) is 0 Å². The van der Waals surface area contributed by atoms with Crippen LogP contribution in [0.3, 0.4) is 0 Å². The topological polar surface area (TPSA) is 132 Å². The zero-order chi connectivity index (χ0) is 28.9. The molecule has 3 aliphatic heterocycles. The summed E-state index contributed by atoms with van der Waals surface area (Å²) in [6, 6.07) is 7.19. The number of esters is 1. The van der Waals surface area contributed by atoms with Crippen LogP contribution in [0.2, 0.25) is 0 Å². The number of piperazine rings is 1. The van der Waals surface area contributed by atoms with Crippen molar-refractivity contribution in [2.45, 2.75) is 52.6 Å². The molecular formula is C30H34N4O7. The number of aliphatic hydroxyl groups is 1. The first kappa shape index (κ1) is 27.4. The first-order valence-corrected chi connectivity index (χ1v) is 14.1. The van der Waals surface area contributed by atoms with E-state index in [9.17, 15) is 19.5 Å². The third-order valence-electron chi connectivity index (χ3n) is 8.03. The van der Waals surface area contributed by atoms with E-state index in [1.807, 2.05) is 6.07 Å². The van der Waals surface area contributed by atoms with Gasteiger partial charge in [-0.3, -0.25) is 4.79 Å². The molecule has 6 rings (SSSR count). The van der Waals surface area contributed by atoms with Crippen molar-refractivity contribution >= 4 is 23.0 Å². The van der Waals surface area contributed by atoms with Gasteiger partial charge in [0.1, 0.15) is 12.4 Å². The van der Waals surface area contributed by atoms with Crippen molar-refractivity contribution in [3.05, 3.63) is 56.9 Å². The summed E-state index contributed by atoms with van der Waals surface area (Å²) in [6.45, 7) is 9.23. The average Bonchev–Trinajstić information content (AvgIpc) is 3.33. The van der Waals surface area contributed by atoms with Gasteiger partial charge in [0.25, 0.3) is 5.56 Å². The van der Waals surface area contributed by atoms with Crippen molar-refractivity contribution in [2.75, 3.05) is 32.8 Å². The molecular weight excluding hydrogens is 528 g/mol. The van der Waals surface area contributed by atoms with E-state index in [-0.39, 0.29) is 42.9 Å². The number of hydrogen-bond acceptors (Lipinski definition) is 9. The molecule has 5 heterocycles. The van der Waals surface area contributed by atoms with Crippen LogP contribution in [0.5, 0.6) is 5.75 Å². The average molecular weight is 563 g/mol. The molecule has 2 aromatic heterocycles. The molecule has 1 aromatic carbocycles. The minimum Gasteiger partial charge on any atom is -0.458 e. The molecule has 0 aliphatic carbocycles. The Morgan fingerprint density at radius 1 is 1.22 bits per heavy atom. The van der Waals surface area contributed by atoms with E-state index in [1.54, 1.807) is 34.6 Å². The van der Waals surface area contributed by atoms with E-state index in [0.717, 1.165) is 10.9 Å². The standard InChI is InChI=1S/C30H34N4O7/c1-4-30(38)22-12-24-26-18(13-34(24)27(35)21(22)16-40-28(30)36)11-19-20(15-39-14-17(2)3)25(6-5-23(19)32-26)41-29(37)33-9-7-31-8-10-33/h5-6,11-12,17,31,38H,4,7-10,13-16H2,1-3H3/t30-/m0/s1. The molecule has 3 aliphatic rings. The summed E-state index contributed by atoms with van der Waals surface area (Å²) < 4.78 is 18.7. The Labute approximate surface area is 237 Å². The molecule has 0 spiro atoms. The number of hydrogen-bond donors (Lipinski definition) is 2. The minimum absolute atomic E-state index is 0.0783. The number of nitrogens with one attached hydrogen (secondary N) is 1. The molecule has 1 saturated heterocycles. The zero-order valence-corrected chi connectivity index (χ0v) is 23.5. The van der Waals surface area contributed by atoms with Gasteiger partial charge in [-0.1, -0.05) is 20.8 Å². The number of ether oxygens (including phenoxy) is 3. The number of nitrogens with zero attached hydrogens (tertiary/aromatic N) is 3. The predicted molar refractivity (Wildman–Crippen MR) is 149 cm³/mol. The molecule has 0 unspecified atom stereocenters. The molecule has 11 nitrogen and oxygen atoms in total. The number of carbonyl (C=O) groups excluding carboxylic acids is 2. The number of rotatable bonds is 6. The number of amides is 1. The Hall–Kier alpha value is -3.80. The molecule has 1 amide bonds. The second-order valence-electron chi connectivity index (χ2n) is 11.2. The van der Waals surface area contributed by atoms with Crippen LogP contribution < -0.4 is 15.6 Å². The fraction of sp³-hybridized carbons (Fsp3) is 0.467. The fourth-order valence-corrected chi connectivity index (χ4v) is 5.74. The van der Waals surface area contributed by atoms with Gasteiger partial charge in [0.05, 0.1) is 35.6 Å². The molecule has 11 heteroatoms. The number of cyclic esters (lactones) is 1. The minimum atomic E-state index is -1.88. The first-order chi connectivity index (χ1) is 19.7. The van der Waals surface area contributed by atoms with Crippen LogP contribution in [0.15, 0.2) is 29.1 Å². The quantitative estimate of drug-likeness (QED) is 0.341. The van der Waals surface area contributed by atoms with Gasteiger partial charge in [0, 0.05) is 54.9 Å². The molecule has 0 radical (unpaired) electrons. The monoisotopic (exact) mass is 562 g/mol. The summed E-state index contributed by atoms with van der Waals surface area (Å²) in [6.07, 6.45) is -0.329. The second-order valence-corrected chi connectivity index (χ2v) is 11.2. The van der Waals surface area contributed by atoms with Gasteiger partial charge in [0.15, 0.2) is 5.60 Å². The number of benzene rings is 1. The zero-order valence-electron chi connectivity index (χ0n) is 23.5. The number of aromatic nitrogens is 2. The van der Waals surface area contributed by atoms with Crippen LogP contribution in [0, 0.1) is 5.92 Å². The smallest absolute Gasteiger partial charge is 0.415 e. The van der Waals surface area contributed by atoms with Crippen molar-refractivity contribution in [1.82, 2.24) is 19.8 Å². The summed E-state index contributed by atoms with van der Waals surface area (Å²) in [7, 11) is 0. The summed E-state index contributed by atoms with van der Waals surface area (Å²) in [5, 5.41) is 15.1. The number of carbonyl (C=O) groups is 2. The highest BCUT2D eigenvalue weighted by molar-refractivity contribution is 5.90. The van der Waals surface area contributed by atoms with E-state index in [4.69, 9.17) is 19.2 Å². The summed E-state index contributed by atoms with van der Waals surface area (Å²) in [5.74, 6) is -0.0157. The maximum absolute atomic E-state index is 13.5. The fourth-order valence-electron chi connectivity index (χ4n) is 5.74. The maximum Gasteiger partial charge on any atom is 0.415 e. The van der Waals surface area contributed by atoms with Gasteiger partial charge in [0.2, 0.25) is 0 Å². The molecule has 41 heavy (non-hydrogen) atoms. The van der Waals surface area contributed by atoms with Crippen molar-refractivity contribution in [2.24, 2.45) is 5.92 Å². The lowest BCUT2D eigenvalue weighted by Crippen LogP contribution is -2.47. The largest absolute Gasteiger partial charge is 0.458 e. The SMILES string of the molecule is CC[C@@]1(O)C(=O)OCc2c1cc1n(c2=O)Cc2cc3c(COCC(C)C)c(OC(=O)N4CCNCC4)ccc3nc2-1. The van der Waals surface area contributed by atoms with Crippen molar-refractivity contribution in [3.8, 4) is 17.1 Å².